The van der Waals surface area contributed by atoms with E-state index in [2.05, 4.69) is 35.1 Å². The molecule has 0 unspecified atom stereocenters. The van der Waals surface area contributed by atoms with Gasteiger partial charge in [0.25, 0.3) is 5.56 Å². The minimum Gasteiger partial charge on any atom is -0.378 e. The van der Waals surface area contributed by atoms with Crippen molar-refractivity contribution in [2.45, 2.75) is 26.5 Å². The molecule has 0 saturated carbocycles. The van der Waals surface area contributed by atoms with Crippen LogP contribution < -0.4 is 5.56 Å². The lowest BCUT2D eigenvalue weighted by atomic mass is 10.1. The number of aromatic amines is 1. The summed E-state index contributed by atoms with van der Waals surface area (Å²) in [5.41, 5.74) is 6.82. The largest absolute Gasteiger partial charge is 0.378 e. The number of halogens is 1. The van der Waals surface area contributed by atoms with E-state index < -0.39 is 0 Å². The van der Waals surface area contributed by atoms with Crippen LogP contribution in [0.25, 0.3) is 38.6 Å². The second-order valence-electron chi connectivity index (χ2n) is 8.98. The molecular weight excluding hydrogens is 457 g/mol. The van der Waals surface area contributed by atoms with Gasteiger partial charge in [0.1, 0.15) is 5.82 Å². The Balaban J connectivity index is 1.41. The predicted molar refractivity (Wildman–Crippen MR) is 138 cm³/mol. The molecule has 0 amide bonds. The number of H-pyrrole nitrogens is 1. The molecule has 0 atom stereocenters. The Morgan fingerprint density at radius 3 is 2.72 bits per heavy atom. The maximum Gasteiger partial charge on any atom is 0.261 e. The zero-order chi connectivity index (χ0) is 24.8. The second-order valence-corrected chi connectivity index (χ2v) is 8.98. The summed E-state index contributed by atoms with van der Waals surface area (Å²) in [6.07, 6.45) is 6.14. The standard InChI is InChI=1S/C28H24FN5O2/c1-17-3-8-23-21(13-17)19(14-30-23)9-11-33-12-10-25-22(28(33)35)15-31-27-26(18-4-6-20(29)7-5-18)24(16-36-2)32-34(25)27/h3-8,10,12-15,30H,9,11,16H2,1-2H3. The lowest BCUT2D eigenvalue weighted by Gasteiger charge is -2.08. The van der Waals surface area contributed by atoms with Crippen LogP contribution in [0.1, 0.15) is 16.8 Å². The van der Waals surface area contributed by atoms with Gasteiger partial charge in [-0.15, -0.1) is 0 Å². The van der Waals surface area contributed by atoms with Crippen molar-refractivity contribution in [2.24, 2.45) is 0 Å². The highest BCUT2D eigenvalue weighted by Gasteiger charge is 2.19. The quantitative estimate of drug-likeness (QED) is 0.362. The SMILES string of the molecule is COCc1nn2c(ncc3c(=O)n(CCc4c[nH]c5ccc(C)cc45)ccc32)c1-c1ccc(F)cc1. The molecule has 7 nitrogen and oxygen atoms in total. The Bertz CT molecular complexity index is 1800. The molecule has 0 fully saturated rings. The summed E-state index contributed by atoms with van der Waals surface area (Å²) in [5.74, 6) is -0.315. The van der Waals surface area contributed by atoms with E-state index in [1.54, 1.807) is 40.7 Å². The van der Waals surface area contributed by atoms with Crippen molar-refractivity contribution in [1.82, 2.24) is 24.1 Å². The number of ether oxygens (including phenoxy) is 1. The van der Waals surface area contributed by atoms with E-state index in [-0.39, 0.29) is 18.0 Å². The number of pyridine rings is 1. The summed E-state index contributed by atoms with van der Waals surface area (Å²) < 4.78 is 22.3. The molecule has 0 aliphatic rings. The summed E-state index contributed by atoms with van der Waals surface area (Å²) in [5, 5.41) is 6.38. The normalized spacial score (nSPS) is 11.8. The Hall–Kier alpha value is -4.30. The number of methoxy groups -OCH3 is 1. The third-order valence-electron chi connectivity index (χ3n) is 6.62. The first-order chi connectivity index (χ1) is 17.5. The third kappa shape index (κ3) is 3.67. The first kappa shape index (κ1) is 22.2. The summed E-state index contributed by atoms with van der Waals surface area (Å²) in [6, 6.07) is 14.4. The number of nitrogens with one attached hydrogen (secondary N) is 1. The topological polar surface area (TPSA) is 77.2 Å². The van der Waals surface area contributed by atoms with E-state index in [9.17, 15) is 9.18 Å². The fraction of sp³-hybridized carbons (Fsp3) is 0.179. The molecular formula is C28H24FN5O2. The van der Waals surface area contributed by atoms with Gasteiger partial charge in [0.2, 0.25) is 0 Å². The van der Waals surface area contributed by atoms with Gasteiger partial charge in [-0.25, -0.2) is 13.9 Å². The number of aryl methyl sites for hydroxylation is 3. The maximum absolute atomic E-state index is 13.5. The minimum absolute atomic E-state index is 0.120. The Labute approximate surface area is 205 Å². The molecule has 0 bridgehead atoms. The van der Waals surface area contributed by atoms with Crippen molar-refractivity contribution >= 4 is 27.5 Å². The van der Waals surface area contributed by atoms with Gasteiger partial charge < -0.3 is 14.3 Å². The van der Waals surface area contributed by atoms with Crippen LogP contribution in [0.4, 0.5) is 4.39 Å². The second kappa shape index (κ2) is 8.73. The Morgan fingerprint density at radius 1 is 1.08 bits per heavy atom. The first-order valence-electron chi connectivity index (χ1n) is 11.7. The van der Waals surface area contributed by atoms with E-state index in [0.29, 0.717) is 28.8 Å². The van der Waals surface area contributed by atoms with Crippen LogP contribution in [0.2, 0.25) is 0 Å². The summed E-state index contributed by atoms with van der Waals surface area (Å²) in [4.78, 5) is 21.3. The van der Waals surface area contributed by atoms with Gasteiger partial charge in [0.05, 0.1) is 28.8 Å². The highest BCUT2D eigenvalue weighted by molar-refractivity contribution is 5.87. The number of nitrogens with zero attached hydrogens (tertiary/aromatic N) is 4. The number of hydrogen-bond donors (Lipinski definition) is 1. The lowest BCUT2D eigenvalue weighted by Crippen LogP contribution is -2.21. The molecule has 8 heteroatoms. The van der Waals surface area contributed by atoms with Crippen molar-refractivity contribution in [3.05, 3.63) is 100 Å². The smallest absolute Gasteiger partial charge is 0.261 e. The highest BCUT2D eigenvalue weighted by Crippen LogP contribution is 2.30. The van der Waals surface area contributed by atoms with Crippen molar-refractivity contribution in [3.8, 4) is 11.1 Å². The van der Waals surface area contributed by atoms with E-state index in [4.69, 9.17) is 9.84 Å². The molecule has 180 valence electrons. The van der Waals surface area contributed by atoms with Crippen LogP contribution >= 0.6 is 0 Å². The number of rotatable bonds is 6. The number of aromatic nitrogens is 5. The van der Waals surface area contributed by atoms with Gasteiger partial charge in [-0.2, -0.15) is 5.10 Å². The number of hydrogen-bond acceptors (Lipinski definition) is 4. The van der Waals surface area contributed by atoms with Crippen molar-refractivity contribution in [2.75, 3.05) is 7.11 Å². The van der Waals surface area contributed by atoms with Crippen LogP contribution in [0.3, 0.4) is 0 Å². The van der Waals surface area contributed by atoms with Crippen molar-refractivity contribution in [1.29, 1.82) is 0 Å². The Morgan fingerprint density at radius 2 is 1.92 bits per heavy atom. The van der Waals surface area contributed by atoms with Crippen LogP contribution in [0.5, 0.6) is 0 Å². The molecule has 0 aliphatic heterocycles. The molecule has 2 aromatic carbocycles. The highest BCUT2D eigenvalue weighted by atomic mass is 19.1. The molecule has 0 spiro atoms. The zero-order valence-corrected chi connectivity index (χ0v) is 20.0. The molecule has 0 saturated heterocycles. The minimum atomic E-state index is -0.315. The van der Waals surface area contributed by atoms with Crippen LogP contribution in [0.15, 0.2) is 71.9 Å². The fourth-order valence-corrected chi connectivity index (χ4v) is 4.82. The average molecular weight is 482 g/mol. The van der Waals surface area contributed by atoms with E-state index in [0.717, 1.165) is 23.1 Å². The van der Waals surface area contributed by atoms with Gasteiger partial charge in [0, 0.05) is 43.1 Å². The van der Waals surface area contributed by atoms with Crippen LogP contribution in [-0.4, -0.2) is 31.3 Å². The van der Waals surface area contributed by atoms with E-state index in [1.165, 1.54) is 28.6 Å². The molecule has 4 heterocycles. The maximum atomic E-state index is 13.5. The monoisotopic (exact) mass is 481 g/mol. The summed E-state index contributed by atoms with van der Waals surface area (Å²) in [6.45, 7) is 2.88. The summed E-state index contributed by atoms with van der Waals surface area (Å²) in [7, 11) is 1.59. The van der Waals surface area contributed by atoms with E-state index in [1.807, 2.05) is 12.3 Å². The molecule has 6 aromatic rings. The molecule has 36 heavy (non-hydrogen) atoms. The van der Waals surface area contributed by atoms with Gasteiger partial charge >= 0.3 is 0 Å². The Kier molecular flexibility index (Phi) is 5.38. The molecule has 6 rings (SSSR count). The fourth-order valence-electron chi connectivity index (χ4n) is 4.82. The first-order valence-corrected chi connectivity index (χ1v) is 11.7. The molecule has 4 aromatic heterocycles. The number of benzene rings is 2. The van der Waals surface area contributed by atoms with Gasteiger partial charge in [-0.05, 0) is 54.8 Å². The van der Waals surface area contributed by atoms with Crippen LogP contribution in [-0.2, 0) is 24.3 Å². The van der Waals surface area contributed by atoms with Gasteiger partial charge in [-0.1, -0.05) is 23.8 Å². The van der Waals surface area contributed by atoms with Crippen molar-refractivity contribution < 1.29 is 9.13 Å². The average Bonchev–Trinajstić information content (AvgIpc) is 3.45. The molecule has 0 radical (unpaired) electrons. The lowest BCUT2D eigenvalue weighted by molar-refractivity contribution is 0.181. The molecule has 0 aliphatic carbocycles. The van der Waals surface area contributed by atoms with Gasteiger partial charge in [-0.3, -0.25) is 4.79 Å². The predicted octanol–water partition coefficient (Wildman–Crippen LogP) is 5.03. The van der Waals surface area contributed by atoms with Crippen LogP contribution in [0, 0.1) is 12.7 Å². The zero-order valence-electron chi connectivity index (χ0n) is 20.0. The molecule has 1 N–H and O–H groups in total. The van der Waals surface area contributed by atoms with Gasteiger partial charge in [0.15, 0.2) is 5.65 Å². The number of fused-ring (bicyclic) bond motifs is 4. The van der Waals surface area contributed by atoms with E-state index >= 15 is 0 Å². The van der Waals surface area contributed by atoms with Crippen molar-refractivity contribution in [3.63, 3.8) is 0 Å². The third-order valence-corrected chi connectivity index (χ3v) is 6.62. The summed E-state index contributed by atoms with van der Waals surface area (Å²) >= 11 is 0.